The first-order chi connectivity index (χ1) is 12.2. The first-order valence-electron chi connectivity index (χ1n) is 8.67. The minimum absolute atomic E-state index is 0.137. The highest BCUT2D eigenvalue weighted by molar-refractivity contribution is 6.06. The molecule has 0 saturated carbocycles. The second kappa shape index (κ2) is 6.69. The summed E-state index contributed by atoms with van der Waals surface area (Å²) in [7, 11) is 2.01. The molecule has 0 atom stereocenters. The van der Waals surface area contributed by atoms with Crippen molar-refractivity contribution in [1.82, 2.24) is 19.4 Å². The van der Waals surface area contributed by atoms with Gasteiger partial charge in [0.1, 0.15) is 0 Å². The number of piperazine rings is 1. The van der Waals surface area contributed by atoms with Crippen molar-refractivity contribution in [2.75, 3.05) is 26.2 Å². The summed E-state index contributed by atoms with van der Waals surface area (Å²) in [6, 6.07) is 12.1. The molecule has 5 nitrogen and oxygen atoms in total. The van der Waals surface area contributed by atoms with Gasteiger partial charge in [-0.3, -0.25) is 14.7 Å². The maximum Gasteiger partial charge on any atom is 0.254 e. The van der Waals surface area contributed by atoms with E-state index in [1.165, 1.54) is 5.56 Å². The molecule has 5 heteroatoms. The molecule has 0 radical (unpaired) electrons. The predicted octanol–water partition coefficient (Wildman–Crippen LogP) is 2.53. The van der Waals surface area contributed by atoms with Gasteiger partial charge in [0.2, 0.25) is 0 Å². The Labute approximate surface area is 147 Å². The maximum atomic E-state index is 13.0. The van der Waals surface area contributed by atoms with Crippen LogP contribution in [0.25, 0.3) is 10.9 Å². The molecule has 128 valence electrons. The third kappa shape index (κ3) is 3.15. The van der Waals surface area contributed by atoms with Gasteiger partial charge in [-0.15, -0.1) is 0 Å². The molecule has 25 heavy (non-hydrogen) atoms. The van der Waals surface area contributed by atoms with Crippen LogP contribution in [0.4, 0.5) is 0 Å². The molecule has 0 aliphatic carbocycles. The Morgan fingerprint density at radius 2 is 1.92 bits per heavy atom. The van der Waals surface area contributed by atoms with Gasteiger partial charge < -0.3 is 9.47 Å². The number of rotatable bonds is 3. The number of pyridine rings is 1. The molecule has 1 amide bonds. The summed E-state index contributed by atoms with van der Waals surface area (Å²) in [6.45, 7) is 4.21. The van der Waals surface area contributed by atoms with E-state index in [9.17, 15) is 4.79 Å². The van der Waals surface area contributed by atoms with Gasteiger partial charge >= 0.3 is 0 Å². The first-order valence-corrected chi connectivity index (χ1v) is 8.67. The van der Waals surface area contributed by atoms with Crippen molar-refractivity contribution in [3.05, 3.63) is 66.1 Å². The van der Waals surface area contributed by atoms with Gasteiger partial charge in [0.15, 0.2) is 0 Å². The van der Waals surface area contributed by atoms with Crippen LogP contribution in [0.2, 0.25) is 0 Å². The average molecular weight is 334 g/mol. The van der Waals surface area contributed by atoms with E-state index in [2.05, 4.69) is 26.6 Å². The van der Waals surface area contributed by atoms with Gasteiger partial charge in [0, 0.05) is 74.8 Å². The van der Waals surface area contributed by atoms with Crippen LogP contribution in [0.5, 0.6) is 0 Å². The smallest absolute Gasteiger partial charge is 0.254 e. The number of aromatic nitrogens is 2. The lowest BCUT2D eigenvalue weighted by Gasteiger charge is -2.34. The molecule has 1 aliphatic rings. The van der Waals surface area contributed by atoms with E-state index < -0.39 is 0 Å². The molecule has 1 aliphatic heterocycles. The number of aryl methyl sites for hydroxylation is 1. The molecule has 0 spiro atoms. The molecule has 1 saturated heterocycles. The molecule has 3 aromatic rings. The van der Waals surface area contributed by atoms with Crippen LogP contribution in [0.1, 0.15) is 15.9 Å². The van der Waals surface area contributed by atoms with Crippen LogP contribution in [-0.4, -0.2) is 51.4 Å². The minimum atomic E-state index is 0.137. The number of fused-ring (bicyclic) bond motifs is 1. The van der Waals surface area contributed by atoms with Crippen LogP contribution in [0.15, 0.2) is 55.0 Å². The monoisotopic (exact) mass is 334 g/mol. The normalized spacial score (nSPS) is 15.6. The van der Waals surface area contributed by atoms with Crippen molar-refractivity contribution in [2.45, 2.75) is 6.54 Å². The lowest BCUT2D eigenvalue weighted by molar-refractivity contribution is 0.0630. The molecular weight excluding hydrogens is 312 g/mol. The topological polar surface area (TPSA) is 41.4 Å². The van der Waals surface area contributed by atoms with Crippen LogP contribution >= 0.6 is 0 Å². The van der Waals surface area contributed by atoms with Crippen molar-refractivity contribution in [3.63, 3.8) is 0 Å². The average Bonchev–Trinajstić information content (AvgIpc) is 3.04. The summed E-state index contributed by atoms with van der Waals surface area (Å²) >= 11 is 0. The Kier molecular flexibility index (Phi) is 4.24. The van der Waals surface area contributed by atoms with Gasteiger partial charge in [-0.05, 0) is 29.8 Å². The molecule has 2 aromatic heterocycles. The van der Waals surface area contributed by atoms with Crippen molar-refractivity contribution < 1.29 is 4.79 Å². The van der Waals surface area contributed by atoms with Gasteiger partial charge in [-0.2, -0.15) is 0 Å². The third-order valence-electron chi connectivity index (χ3n) is 4.95. The largest absolute Gasteiger partial charge is 0.351 e. The highest BCUT2D eigenvalue weighted by atomic mass is 16.2. The van der Waals surface area contributed by atoms with Crippen molar-refractivity contribution >= 4 is 16.8 Å². The molecular formula is C20H22N4O. The zero-order valence-corrected chi connectivity index (χ0v) is 14.4. The second-order valence-corrected chi connectivity index (χ2v) is 6.59. The fourth-order valence-corrected chi connectivity index (χ4v) is 3.52. The Morgan fingerprint density at radius 1 is 1.08 bits per heavy atom. The number of benzene rings is 1. The van der Waals surface area contributed by atoms with E-state index in [1.54, 1.807) is 6.20 Å². The molecule has 1 fully saturated rings. The number of hydrogen-bond donors (Lipinski definition) is 0. The Bertz CT molecular complexity index is 879. The van der Waals surface area contributed by atoms with Gasteiger partial charge in [-0.25, -0.2) is 0 Å². The zero-order valence-electron chi connectivity index (χ0n) is 14.4. The van der Waals surface area contributed by atoms with E-state index in [0.29, 0.717) is 0 Å². The summed E-state index contributed by atoms with van der Waals surface area (Å²) in [4.78, 5) is 21.5. The van der Waals surface area contributed by atoms with E-state index in [-0.39, 0.29) is 5.91 Å². The highest BCUT2D eigenvalue weighted by Crippen LogP contribution is 2.21. The van der Waals surface area contributed by atoms with Crippen molar-refractivity contribution in [1.29, 1.82) is 0 Å². The minimum Gasteiger partial charge on any atom is -0.351 e. The highest BCUT2D eigenvalue weighted by Gasteiger charge is 2.23. The standard InChI is InChI=1S/C20H22N4O/c1-22-9-7-17-18(5-2-6-19(17)22)20(25)24-12-10-23(11-13-24)15-16-4-3-8-21-14-16/h2-9,14H,10-13,15H2,1H3. The molecule has 3 heterocycles. The zero-order chi connectivity index (χ0) is 17.2. The van der Waals surface area contributed by atoms with Crippen LogP contribution < -0.4 is 0 Å². The number of amides is 1. The Balaban J connectivity index is 1.44. The van der Waals surface area contributed by atoms with Gasteiger partial charge in [0.25, 0.3) is 5.91 Å². The number of carbonyl (C=O) groups is 1. The van der Waals surface area contributed by atoms with Crippen molar-refractivity contribution in [3.8, 4) is 0 Å². The quantitative estimate of drug-likeness (QED) is 0.739. The lowest BCUT2D eigenvalue weighted by atomic mass is 10.1. The summed E-state index contributed by atoms with van der Waals surface area (Å²) in [5.41, 5.74) is 3.12. The van der Waals surface area contributed by atoms with Gasteiger partial charge in [-0.1, -0.05) is 12.1 Å². The summed E-state index contributed by atoms with van der Waals surface area (Å²) in [6.07, 6.45) is 5.71. The summed E-state index contributed by atoms with van der Waals surface area (Å²) < 4.78 is 2.05. The number of hydrogen-bond acceptors (Lipinski definition) is 3. The first kappa shape index (κ1) is 15.8. The molecule has 4 rings (SSSR count). The van der Waals surface area contributed by atoms with Crippen LogP contribution in [-0.2, 0) is 13.6 Å². The predicted molar refractivity (Wildman–Crippen MR) is 98.3 cm³/mol. The Hall–Kier alpha value is -2.66. The fourth-order valence-electron chi connectivity index (χ4n) is 3.52. The lowest BCUT2D eigenvalue weighted by Crippen LogP contribution is -2.48. The SMILES string of the molecule is Cn1ccc2c(C(=O)N3CCN(Cc4cccnc4)CC3)cccc21. The molecule has 0 N–H and O–H groups in total. The summed E-state index contributed by atoms with van der Waals surface area (Å²) in [5.74, 6) is 0.137. The van der Waals surface area contributed by atoms with E-state index in [4.69, 9.17) is 0 Å². The van der Waals surface area contributed by atoms with Crippen LogP contribution in [0, 0.1) is 0 Å². The second-order valence-electron chi connectivity index (χ2n) is 6.59. The number of nitrogens with zero attached hydrogens (tertiary/aromatic N) is 4. The Morgan fingerprint density at radius 3 is 2.68 bits per heavy atom. The third-order valence-corrected chi connectivity index (χ3v) is 4.95. The van der Waals surface area contributed by atoms with Crippen molar-refractivity contribution in [2.24, 2.45) is 7.05 Å². The summed E-state index contributed by atoms with van der Waals surface area (Å²) in [5, 5.41) is 1.03. The molecule has 0 bridgehead atoms. The van der Waals surface area contributed by atoms with E-state index >= 15 is 0 Å². The molecule has 1 aromatic carbocycles. The van der Waals surface area contributed by atoms with Gasteiger partial charge in [0.05, 0.1) is 0 Å². The van der Waals surface area contributed by atoms with E-state index in [1.807, 2.05) is 48.6 Å². The maximum absolute atomic E-state index is 13.0. The van der Waals surface area contributed by atoms with Crippen LogP contribution in [0.3, 0.4) is 0 Å². The van der Waals surface area contributed by atoms with E-state index in [0.717, 1.165) is 49.2 Å². The number of carbonyl (C=O) groups excluding carboxylic acids is 1. The molecule has 0 unspecified atom stereocenters. The fraction of sp³-hybridized carbons (Fsp3) is 0.300.